The lowest BCUT2D eigenvalue weighted by Crippen LogP contribution is -2.36. The molecular formula is C30H28ClNO4. The fourth-order valence-corrected chi connectivity index (χ4v) is 4.32. The monoisotopic (exact) mass is 501 g/mol. The van der Waals surface area contributed by atoms with Gasteiger partial charge in [-0.3, -0.25) is 9.59 Å². The molecule has 5 nitrogen and oxygen atoms in total. The normalized spacial score (nSPS) is 14.8. The molecule has 1 unspecified atom stereocenters. The summed E-state index contributed by atoms with van der Waals surface area (Å²) in [4.78, 5) is 27.3. The molecule has 0 aromatic heterocycles. The maximum absolute atomic E-state index is 12.8. The number of aliphatic hydroxyl groups is 1. The quantitative estimate of drug-likeness (QED) is 0.368. The van der Waals surface area contributed by atoms with Gasteiger partial charge >= 0.3 is 0 Å². The second-order valence-corrected chi connectivity index (χ2v) is 9.24. The minimum atomic E-state index is -0.716. The van der Waals surface area contributed by atoms with E-state index >= 15 is 0 Å². The third kappa shape index (κ3) is 5.59. The molecule has 0 radical (unpaired) electrons. The first-order chi connectivity index (χ1) is 17.4. The summed E-state index contributed by atoms with van der Waals surface area (Å²) >= 11 is 6.21. The SMILES string of the molecule is CC(C)N(/C=C/C=C/C1=C(Cl)C(=O)c2ccccc2C1=O)CC(O)COc1cccc2ccccc12. The van der Waals surface area contributed by atoms with Crippen molar-refractivity contribution in [1.82, 2.24) is 4.90 Å². The number of benzene rings is 3. The van der Waals surface area contributed by atoms with Crippen LogP contribution in [0.3, 0.4) is 0 Å². The Morgan fingerprint density at radius 2 is 1.58 bits per heavy atom. The van der Waals surface area contributed by atoms with Crippen molar-refractivity contribution in [2.45, 2.75) is 26.0 Å². The molecule has 1 atom stereocenters. The Morgan fingerprint density at radius 1 is 0.917 bits per heavy atom. The van der Waals surface area contributed by atoms with E-state index in [2.05, 4.69) is 0 Å². The van der Waals surface area contributed by atoms with Gasteiger partial charge in [-0.25, -0.2) is 0 Å². The van der Waals surface area contributed by atoms with Gasteiger partial charge in [0, 0.05) is 34.7 Å². The summed E-state index contributed by atoms with van der Waals surface area (Å²) in [7, 11) is 0. The van der Waals surface area contributed by atoms with Gasteiger partial charge in [-0.1, -0.05) is 78.3 Å². The molecule has 0 heterocycles. The van der Waals surface area contributed by atoms with Crippen LogP contribution in [-0.2, 0) is 0 Å². The van der Waals surface area contributed by atoms with E-state index in [9.17, 15) is 14.7 Å². The summed E-state index contributed by atoms with van der Waals surface area (Å²) in [6.07, 6.45) is 6.10. The van der Waals surface area contributed by atoms with Gasteiger partial charge < -0.3 is 14.7 Å². The van der Waals surface area contributed by atoms with Crippen molar-refractivity contribution in [1.29, 1.82) is 0 Å². The number of nitrogens with zero attached hydrogens (tertiary/aromatic N) is 1. The van der Waals surface area contributed by atoms with E-state index in [-0.39, 0.29) is 34.8 Å². The molecule has 0 saturated heterocycles. The number of ether oxygens (including phenoxy) is 1. The molecule has 36 heavy (non-hydrogen) atoms. The van der Waals surface area contributed by atoms with Gasteiger partial charge in [0.2, 0.25) is 5.78 Å². The highest BCUT2D eigenvalue weighted by molar-refractivity contribution is 6.50. The Bertz CT molecular complexity index is 1370. The lowest BCUT2D eigenvalue weighted by molar-refractivity contribution is 0.0752. The highest BCUT2D eigenvalue weighted by Gasteiger charge is 2.29. The van der Waals surface area contributed by atoms with E-state index in [4.69, 9.17) is 16.3 Å². The van der Waals surface area contributed by atoms with Crippen LogP contribution >= 0.6 is 11.6 Å². The van der Waals surface area contributed by atoms with Crippen LogP contribution in [-0.4, -0.2) is 46.9 Å². The van der Waals surface area contributed by atoms with Gasteiger partial charge in [0.25, 0.3) is 0 Å². The van der Waals surface area contributed by atoms with Crippen molar-refractivity contribution in [2.24, 2.45) is 0 Å². The van der Waals surface area contributed by atoms with E-state index in [1.165, 1.54) is 0 Å². The fraction of sp³-hybridized carbons (Fsp3) is 0.200. The van der Waals surface area contributed by atoms with E-state index in [0.29, 0.717) is 17.7 Å². The number of Topliss-reactive ketones (excluding diaryl/α,β-unsaturated/α-hetero) is 2. The Morgan fingerprint density at radius 3 is 2.33 bits per heavy atom. The number of rotatable bonds is 9. The molecule has 3 aromatic carbocycles. The molecule has 0 amide bonds. The van der Waals surface area contributed by atoms with Gasteiger partial charge in [-0.2, -0.15) is 0 Å². The molecule has 0 saturated carbocycles. The maximum atomic E-state index is 12.8. The van der Waals surface area contributed by atoms with Crippen molar-refractivity contribution in [3.63, 3.8) is 0 Å². The average molecular weight is 502 g/mol. The van der Waals surface area contributed by atoms with Gasteiger partial charge in [0.15, 0.2) is 5.78 Å². The number of halogens is 1. The highest BCUT2D eigenvalue weighted by Crippen LogP contribution is 2.29. The first-order valence-corrected chi connectivity index (χ1v) is 12.2. The number of hydrogen-bond acceptors (Lipinski definition) is 5. The molecular weight excluding hydrogens is 474 g/mol. The molecule has 1 aliphatic carbocycles. The highest BCUT2D eigenvalue weighted by atomic mass is 35.5. The fourth-order valence-electron chi connectivity index (χ4n) is 4.07. The first-order valence-electron chi connectivity index (χ1n) is 11.8. The molecule has 4 rings (SSSR count). The minimum Gasteiger partial charge on any atom is -0.490 e. The first kappa shape index (κ1) is 25.4. The molecule has 0 bridgehead atoms. The summed E-state index contributed by atoms with van der Waals surface area (Å²) in [6, 6.07) is 20.6. The van der Waals surface area contributed by atoms with Crippen LogP contribution in [0.25, 0.3) is 10.8 Å². The Hall–Kier alpha value is -3.67. The summed E-state index contributed by atoms with van der Waals surface area (Å²) < 4.78 is 5.92. The molecule has 3 aromatic rings. The van der Waals surface area contributed by atoms with E-state index in [1.807, 2.05) is 67.4 Å². The minimum absolute atomic E-state index is 0.0786. The zero-order chi connectivity index (χ0) is 25.7. The van der Waals surface area contributed by atoms with E-state index in [1.54, 1.807) is 42.5 Å². The van der Waals surface area contributed by atoms with Gasteiger partial charge in [-0.05, 0) is 43.7 Å². The number of fused-ring (bicyclic) bond motifs is 2. The van der Waals surface area contributed by atoms with Crippen LogP contribution in [0, 0.1) is 0 Å². The maximum Gasteiger partial charge on any atom is 0.205 e. The molecule has 184 valence electrons. The summed E-state index contributed by atoms with van der Waals surface area (Å²) in [5.74, 6) is 0.107. The number of ketones is 2. The largest absolute Gasteiger partial charge is 0.490 e. The number of allylic oxidation sites excluding steroid dienone is 5. The van der Waals surface area contributed by atoms with Crippen LogP contribution in [0.2, 0.25) is 0 Å². The number of carbonyl (C=O) groups excluding carboxylic acids is 2. The Labute approximate surface area is 215 Å². The predicted octanol–water partition coefficient (Wildman–Crippen LogP) is 5.93. The smallest absolute Gasteiger partial charge is 0.205 e. The third-order valence-corrected chi connectivity index (χ3v) is 6.39. The van der Waals surface area contributed by atoms with Crippen molar-refractivity contribution < 1.29 is 19.4 Å². The van der Waals surface area contributed by atoms with Gasteiger partial charge in [0.05, 0.1) is 5.03 Å². The zero-order valence-corrected chi connectivity index (χ0v) is 21.0. The van der Waals surface area contributed by atoms with Crippen LogP contribution in [0.4, 0.5) is 0 Å². The van der Waals surface area contributed by atoms with Crippen LogP contribution in [0.5, 0.6) is 5.75 Å². The lowest BCUT2D eigenvalue weighted by Gasteiger charge is -2.27. The molecule has 1 aliphatic rings. The predicted molar refractivity (Wildman–Crippen MR) is 144 cm³/mol. The van der Waals surface area contributed by atoms with Crippen LogP contribution in [0.1, 0.15) is 34.6 Å². The number of carbonyl (C=O) groups is 2. The lowest BCUT2D eigenvalue weighted by atomic mass is 9.89. The molecule has 6 heteroatoms. The standard InChI is InChI=1S/C30H28ClNO4/c1-20(2)32(18-22(33)19-36-27-16-9-11-21-10-3-4-12-23(21)27)17-8-7-15-26-28(31)30(35)25-14-6-5-13-24(25)29(26)34/h3-17,20,22,33H,18-19H2,1-2H3/b15-7+,17-8+. The van der Waals surface area contributed by atoms with Crippen LogP contribution in [0.15, 0.2) is 102 Å². The Kier molecular flexibility index (Phi) is 8.04. The zero-order valence-electron chi connectivity index (χ0n) is 20.2. The summed E-state index contributed by atoms with van der Waals surface area (Å²) in [6.45, 7) is 4.55. The van der Waals surface area contributed by atoms with Gasteiger partial charge in [-0.15, -0.1) is 0 Å². The third-order valence-electron chi connectivity index (χ3n) is 6.01. The molecule has 1 N–H and O–H groups in total. The van der Waals surface area contributed by atoms with Crippen LogP contribution < -0.4 is 4.74 Å². The van der Waals surface area contributed by atoms with E-state index in [0.717, 1.165) is 16.5 Å². The summed E-state index contributed by atoms with van der Waals surface area (Å²) in [5.41, 5.74) is 0.851. The second-order valence-electron chi connectivity index (χ2n) is 8.86. The van der Waals surface area contributed by atoms with Crippen molar-refractivity contribution in [3.8, 4) is 5.75 Å². The van der Waals surface area contributed by atoms with Crippen molar-refractivity contribution >= 4 is 33.9 Å². The molecule has 0 fully saturated rings. The second kappa shape index (κ2) is 11.4. The molecule has 0 aliphatic heterocycles. The molecule has 0 spiro atoms. The van der Waals surface area contributed by atoms with Crippen molar-refractivity contribution in [2.75, 3.05) is 13.2 Å². The number of aliphatic hydroxyl groups excluding tert-OH is 1. The average Bonchev–Trinajstić information content (AvgIpc) is 2.89. The van der Waals surface area contributed by atoms with E-state index < -0.39 is 6.10 Å². The summed E-state index contributed by atoms with van der Waals surface area (Å²) in [5, 5.41) is 12.6. The van der Waals surface area contributed by atoms with Crippen molar-refractivity contribution in [3.05, 3.63) is 113 Å². The number of hydrogen-bond donors (Lipinski definition) is 1. The Balaban J connectivity index is 1.39. The van der Waals surface area contributed by atoms with Gasteiger partial charge in [0.1, 0.15) is 18.5 Å². The topological polar surface area (TPSA) is 66.8 Å².